The molecule has 8 aliphatic rings. The lowest BCUT2D eigenvalue weighted by Crippen LogP contribution is -2.67. The highest BCUT2D eigenvalue weighted by Gasteiger charge is 2.70. The fourth-order valence-corrected chi connectivity index (χ4v) is 42.9. The smallest absolute Gasteiger partial charge is 0.335 e. The molecule has 0 aromatic carbocycles. The van der Waals surface area contributed by atoms with Gasteiger partial charge in [0.25, 0.3) is 16.7 Å². The minimum atomic E-state index is -2.85. The first-order chi connectivity index (χ1) is 47.6. The fraction of sp³-hybridized carbons (Fsp3) is 0.754. The summed E-state index contributed by atoms with van der Waals surface area (Å²) in [5.41, 5.74) is 13.9. The van der Waals surface area contributed by atoms with Crippen LogP contribution in [0.5, 0.6) is 0 Å². The van der Waals surface area contributed by atoms with E-state index in [1.807, 2.05) is 32.7 Å². The number of aliphatic hydroxyl groups excluding tert-OH is 2. The number of H-pyrrole nitrogens is 3. The zero-order valence-electron chi connectivity index (χ0n) is 62.2. The van der Waals surface area contributed by atoms with Crippen LogP contribution in [0.3, 0.4) is 0 Å². The second-order valence-corrected chi connectivity index (χ2v) is 52.9. The molecule has 0 unspecified atom stereocenters. The van der Waals surface area contributed by atoms with E-state index in [4.69, 9.17) is 51.6 Å². The molecule has 582 valence electrons. The Bertz CT molecular complexity index is 4170. The fourth-order valence-electron chi connectivity index (χ4n) is 16.3. The number of ether oxygens (including phenoxy) is 3. The van der Waals surface area contributed by atoms with Crippen LogP contribution in [0.15, 0.2) is 33.4 Å². The Balaban J connectivity index is 0.000000186. The molecule has 0 bridgehead atoms. The molecule has 14 rings (SSSR count). The largest absolute Gasteiger partial charge is 0.414 e. The highest BCUT2D eigenvalue weighted by atomic mass is 32.2. The third-order valence-corrected chi connectivity index (χ3v) is 47.2. The van der Waals surface area contributed by atoms with Crippen molar-refractivity contribution in [1.82, 2.24) is 64.7 Å². The number of aromatic nitrogens is 12. The van der Waals surface area contributed by atoms with Gasteiger partial charge in [-0.2, -0.15) is 15.0 Å². The lowest BCUT2D eigenvalue weighted by atomic mass is 9.94. The van der Waals surface area contributed by atoms with E-state index < -0.39 is 85.7 Å². The van der Waals surface area contributed by atoms with Crippen molar-refractivity contribution in [3.63, 3.8) is 0 Å². The van der Waals surface area contributed by atoms with Crippen molar-refractivity contribution in [2.75, 3.05) is 53.9 Å². The van der Waals surface area contributed by atoms with E-state index in [0.29, 0.717) is 30.2 Å². The predicted octanol–water partition coefficient (Wildman–Crippen LogP) is 9.65. The molecular formula is C65H111FN16O15S3Si4. The number of aliphatic hydroxyl groups is 2. The summed E-state index contributed by atoms with van der Waals surface area (Å²) in [6, 6.07) is 0. The van der Waals surface area contributed by atoms with Gasteiger partial charge in [-0.25, -0.2) is 15.0 Å². The summed E-state index contributed by atoms with van der Waals surface area (Å²) in [4.78, 5) is 83.4. The third kappa shape index (κ3) is 13.6. The van der Waals surface area contributed by atoms with Gasteiger partial charge in [-0.3, -0.25) is 57.9 Å². The first kappa shape index (κ1) is 83.5. The van der Waals surface area contributed by atoms with E-state index in [1.54, 1.807) is 42.8 Å². The number of nitrogens with zero attached hydrogens (tertiary/aromatic N) is 9. The topological polar surface area (TPSA) is 430 Å². The molecule has 39 heteroatoms. The highest BCUT2D eigenvalue weighted by Crippen LogP contribution is 2.63. The van der Waals surface area contributed by atoms with Crippen molar-refractivity contribution < 1.29 is 59.9 Å². The van der Waals surface area contributed by atoms with Gasteiger partial charge in [-0.05, 0) is 80.9 Å². The summed E-state index contributed by atoms with van der Waals surface area (Å²) in [6.45, 7) is 39.7. The molecule has 1 amide bonds. The van der Waals surface area contributed by atoms with E-state index in [2.05, 4.69) is 161 Å². The second-order valence-electron chi connectivity index (χ2n) is 30.8. The highest BCUT2D eigenvalue weighted by molar-refractivity contribution is 8.02. The number of hydrogen-bond donors (Lipinski definition) is 9. The van der Waals surface area contributed by atoms with Crippen LogP contribution in [0.4, 0.5) is 22.5 Å². The Morgan fingerprint density at radius 3 is 1.19 bits per heavy atom. The van der Waals surface area contributed by atoms with Crippen LogP contribution >= 0.6 is 35.3 Å². The Kier molecular flexibility index (Phi) is 25.0. The minimum absolute atomic E-state index is 0. The number of imidazole rings is 3. The Morgan fingerprint density at radius 1 is 0.558 bits per heavy atom. The molecule has 14 heterocycles. The molecular weight excluding hydrogens is 1470 g/mol. The van der Waals surface area contributed by atoms with Crippen molar-refractivity contribution in [2.45, 2.75) is 265 Å². The number of nitrogens with one attached hydrogen (secondary N) is 4. The van der Waals surface area contributed by atoms with Crippen LogP contribution in [0, 0.1) is 5.92 Å². The normalized spacial score (nSPS) is 30.1. The molecule has 0 radical (unpaired) electrons. The van der Waals surface area contributed by atoms with Gasteiger partial charge in [0.1, 0.15) is 24.4 Å². The van der Waals surface area contributed by atoms with Gasteiger partial charge in [0.15, 0.2) is 52.2 Å². The molecule has 6 aromatic rings. The van der Waals surface area contributed by atoms with Crippen molar-refractivity contribution >= 4 is 127 Å². The molecule has 104 heavy (non-hydrogen) atoms. The molecule has 8 saturated heterocycles. The average Bonchev–Trinajstić information content (AvgIpc) is 1.53. The molecule has 8 aliphatic heterocycles. The summed E-state index contributed by atoms with van der Waals surface area (Å²) in [5.74, 6) is 2.52. The van der Waals surface area contributed by atoms with Crippen molar-refractivity contribution in [3.05, 3.63) is 50.0 Å². The van der Waals surface area contributed by atoms with Gasteiger partial charge in [-0.15, -0.1) is 35.3 Å². The van der Waals surface area contributed by atoms with Gasteiger partial charge >= 0.3 is 34.2 Å². The number of hydrogen-bond acceptors (Lipinski definition) is 27. The van der Waals surface area contributed by atoms with Crippen LogP contribution in [0.25, 0.3) is 33.5 Å². The number of amides is 1. The predicted molar refractivity (Wildman–Crippen MR) is 413 cm³/mol. The summed E-state index contributed by atoms with van der Waals surface area (Å²) in [7, 11) is -11.0. The van der Waals surface area contributed by atoms with Crippen molar-refractivity contribution in [2.24, 2.45) is 5.92 Å². The number of carbonyl (C=O) groups excluding carboxylic acids is 1. The van der Waals surface area contributed by atoms with E-state index in [-0.39, 0.29) is 150 Å². The number of anilines is 3. The number of rotatable bonds is 14. The number of nitrogens with two attached hydrogens (primary N) is 2. The molecule has 12 atom stereocenters. The van der Waals surface area contributed by atoms with E-state index in [0.717, 1.165) is 36.5 Å². The van der Waals surface area contributed by atoms with Crippen LogP contribution in [0.2, 0.25) is 44.3 Å². The molecule has 31 nitrogen and oxygen atoms in total. The van der Waals surface area contributed by atoms with Gasteiger partial charge in [0.2, 0.25) is 23.8 Å². The number of aromatic amines is 3. The Hall–Kier alpha value is -4.51. The van der Waals surface area contributed by atoms with Gasteiger partial charge < -0.3 is 68.0 Å². The number of halogens is 1. The maximum absolute atomic E-state index is 13.0. The Morgan fingerprint density at radius 2 is 0.885 bits per heavy atom. The summed E-state index contributed by atoms with van der Waals surface area (Å²) < 4.78 is 67.2. The number of fused-ring (bicyclic) bond motifs is 7. The average molecular weight is 1580 g/mol. The molecule has 6 aromatic heterocycles. The number of nitrogen functional groups attached to an aromatic ring is 2. The van der Waals surface area contributed by atoms with Crippen LogP contribution in [0.1, 0.15) is 170 Å². The van der Waals surface area contributed by atoms with E-state index in [1.165, 1.54) is 6.33 Å². The quantitative estimate of drug-likeness (QED) is 0.0458. The zero-order valence-corrected chi connectivity index (χ0v) is 68.7. The van der Waals surface area contributed by atoms with Crippen LogP contribution in [-0.4, -0.2) is 197 Å². The Labute approximate surface area is 622 Å². The lowest BCUT2D eigenvalue weighted by molar-refractivity contribution is -0.118. The third-order valence-electron chi connectivity index (χ3n) is 21.9. The molecule has 13 N–H and O–H groups in total. The summed E-state index contributed by atoms with van der Waals surface area (Å²) >= 11 is 5.27. The number of thioether (sulfide) groups is 3. The van der Waals surface area contributed by atoms with Gasteiger partial charge in [0, 0.05) is 5.92 Å². The second kappa shape index (κ2) is 31.1. The number of carbonyl (C=O) groups is 1. The van der Waals surface area contributed by atoms with Gasteiger partial charge in [-0.1, -0.05) is 132 Å². The molecule has 0 aliphatic carbocycles. The first-order valence-corrected chi connectivity index (χ1v) is 46.4. The molecule has 8 fully saturated rings. The van der Waals surface area contributed by atoms with Crippen molar-refractivity contribution in [1.29, 1.82) is 0 Å². The summed E-state index contributed by atoms with van der Waals surface area (Å²) in [5, 5.41) is 22.6. The molecule has 0 saturated carbocycles. The summed E-state index contributed by atoms with van der Waals surface area (Å²) in [6.07, 6.45) is 3.28. The standard InChI is InChI=1S/C28H47N5O6SSi2.C24H41N5O5SSi2.C12H15N5O4S.CH4.FH.H3N/c1-15(2)24(34)31-27-30-23-21(25(35)32-27)29-14-33(23)26-28(11-12-40-28)22-20(37-26)13-36-41(16(3)4,17(5)6)39-42(38-22,18(7)8)19(9)10;1-13(2)36(14(3)4)31-11-17-19(33-37(34-36,15(5)6)16(7)8)24(9-10-35-24)22(32-17)29-12-26-18-20(29)27-23(25)28-21(18)30;13-11-15-8-6(9(20)16-11)14-4-17(8)10-12(1-2-22-12)7(19)5(3-18)21-10;;;/h14-20,22,26H,11-13H2,1-10H3,(H2,30,31,32,34,35);12-17,19,22H,9-11H2,1-8H3,(H3,25,27,28,30);4-5,7,10,18-19H,1-3H2,(H3,13,15,16,20);1H4;1H;1H3/t20-,22-,26-,28-;17-,19-,22-,24-;5-,7-,10-,12-;;;/m111.../s1. The lowest BCUT2D eigenvalue weighted by Gasteiger charge is -2.54. The van der Waals surface area contributed by atoms with E-state index in [9.17, 15) is 29.4 Å². The zero-order chi connectivity index (χ0) is 73.2. The SMILES string of the molecule is C.CC(C)C(=O)Nc1nc2c(ncn2[C@@H]2O[C@@H]3CO[Si](C(C)C)(C(C)C)O[Si](C(C)C)(C(C)C)O[C@H]3[C@]23CCS3)c(=O)[nH]1.CC(C)[Si]1(C(C)C)OC[C@H]2O[C@@H](n3cnc4c(=O)[nH]c(N)nc43)[C@@]3(CCS3)[C@@H]2O[Si](C(C)C)(C(C)C)O1.F.N.Nc1nc2c(ncn2[C@@H]2O[C@H](CO)[C@@H](O)[C@]23CCS3)c(=O)[nH]1. The van der Waals surface area contributed by atoms with Crippen LogP contribution in [-0.2, 0) is 44.9 Å². The maximum atomic E-state index is 13.0. The first-order valence-electron chi connectivity index (χ1n) is 35.6. The van der Waals surface area contributed by atoms with Crippen molar-refractivity contribution in [3.8, 4) is 0 Å². The van der Waals surface area contributed by atoms with Crippen LogP contribution < -0.4 is 39.6 Å². The van der Waals surface area contributed by atoms with E-state index >= 15 is 0 Å². The minimum Gasteiger partial charge on any atom is -0.414 e. The van der Waals surface area contributed by atoms with Gasteiger partial charge in [0.05, 0.1) is 65.3 Å². The monoisotopic (exact) mass is 1580 g/mol. The molecule has 3 spiro atoms. The maximum Gasteiger partial charge on any atom is 0.335 e.